The molecule has 0 bridgehead atoms. The fraction of sp³-hybridized carbons (Fsp3) is 0.188. The molecule has 0 unspecified atom stereocenters. The smallest absolute Gasteiger partial charge is 0.466 e. The second-order valence-electron chi connectivity index (χ2n) is 3.68. The predicted molar refractivity (Wildman–Crippen MR) is 72.3 cm³/mol. The number of carbonyl (C=O) groups is 1. The number of carbonyl (C=O) groups excluding carboxylic acids is 1. The minimum atomic E-state index is -0.293. The van der Waals surface area contributed by atoms with E-state index in [9.17, 15) is 4.79 Å². The fourth-order valence-corrected chi connectivity index (χ4v) is 1.50. The van der Waals surface area contributed by atoms with E-state index < -0.39 is 0 Å². The van der Waals surface area contributed by atoms with Crippen LogP contribution in [0.5, 0.6) is 0 Å². The Morgan fingerprint density at radius 3 is 1.89 bits per heavy atom. The van der Waals surface area contributed by atoms with Crippen LogP contribution in [-0.4, -0.2) is 13.1 Å². The molecule has 3 heteroatoms. The van der Waals surface area contributed by atoms with Crippen LogP contribution in [0.15, 0.2) is 11.6 Å². The third kappa shape index (κ3) is 7.79. The molecule has 0 heterocycles. The molecular weight excluding hydrogens is 280 g/mol. The van der Waals surface area contributed by atoms with E-state index in [1.54, 1.807) is 0 Å². The Kier molecular flexibility index (Phi) is 11.4. The molecule has 0 aromatic carbocycles. The molecule has 19 heavy (non-hydrogen) atoms. The van der Waals surface area contributed by atoms with E-state index in [0.29, 0.717) is 0 Å². The zero-order chi connectivity index (χ0) is 13.2. The summed E-state index contributed by atoms with van der Waals surface area (Å²) < 4.78 is 4.57. The summed E-state index contributed by atoms with van der Waals surface area (Å²) >= 11 is 0. The maximum Gasteiger partial charge on any atom is 2.00 e. The second kappa shape index (κ2) is 11.5. The minimum absolute atomic E-state index is 0. The Bertz CT molecular complexity index is 256. The standard InChI is InChI=1S/C11H13O2.C5H5.Fe/c1-3-9(8-11(12)13-2)10-6-4-5-7-10;1-2-4-5-3-1;/h4-8H,3H2,1-2H3;1-5H;/q;;+2/b9-8+;;. The first-order chi connectivity index (χ1) is 8.77. The van der Waals surface area contributed by atoms with E-state index in [1.165, 1.54) is 13.2 Å². The van der Waals surface area contributed by atoms with E-state index in [-0.39, 0.29) is 23.0 Å². The van der Waals surface area contributed by atoms with Crippen LogP contribution in [0.25, 0.3) is 0 Å². The van der Waals surface area contributed by atoms with Crippen molar-refractivity contribution in [2.24, 2.45) is 0 Å². The van der Waals surface area contributed by atoms with Gasteiger partial charge in [0.2, 0.25) is 0 Å². The quantitative estimate of drug-likeness (QED) is 0.455. The zero-order valence-corrected chi connectivity index (χ0v) is 12.3. The molecule has 100 valence electrons. The second-order valence-corrected chi connectivity index (χ2v) is 3.68. The third-order valence-electron chi connectivity index (χ3n) is 2.46. The summed E-state index contributed by atoms with van der Waals surface area (Å²) in [6, 6.07) is 0. The molecule has 0 saturated heterocycles. The van der Waals surface area contributed by atoms with Gasteiger partial charge in [-0.25, -0.2) is 4.79 Å². The SMILES string of the molecule is CC/C(=C\C(=O)OC)[C]1[CH][CH][CH][CH]1.[CH]1[CH][CH][CH][CH]1.[Fe+2]. The molecule has 2 saturated carbocycles. The third-order valence-corrected chi connectivity index (χ3v) is 2.46. The molecule has 2 aliphatic carbocycles. The average molecular weight is 298 g/mol. The predicted octanol–water partition coefficient (Wildman–Crippen LogP) is 2.92. The van der Waals surface area contributed by atoms with Gasteiger partial charge >= 0.3 is 23.0 Å². The van der Waals surface area contributed by atoms with Crippen LogP contribution in [0, 0.1) is 63.7 Å². The van der Waals surface area contributed by atoms with Crippen molar-refractivity contribution >= 4 is 5.97 Å². The molecule has 0 aromatic heterocycles. The minimum Gasteiger partial charge on any atom is -0.466 e. The Balaban J connectivity index is 0.000000454. The van der Waals surface area contributed by atoms with Gasteiger partial charge in [0.15, 0.2) is 0 Å². The van der Waals surface area contributed by atoms with Gasteiger partial charge < -0.3 is 4.74 Å². The molecule has 2 aliphatic rings. The van der Waals surface area contributed by atoms with E-state index in [4.69, 9.17) is 0 Å². The number of allylic oxidation sites excluding steroid dienone is 1. The van der Waals surface area contributed by atoms with Gasteiger partial charge in [0.05, 0.1) is 7.11 Å². The Morgan fingerprint density at radius 2 is 1.53 bits per heavy atom. The monoisotopic (exact) mass is 298 g/mol. The van der Waals surface area contributed by atoms with Crippen molar-refractivity contribution in [3.05, 3.63) is 75.4 Å². The van der Waals surface area contributed by atoms with Crippen LogP contribution < -0.4 is 0 Å². The number of methoxy groups -OCH3 is 1. The average Bonchev–Trinajstić information content (AvgIpc) is 3.09. The fourth-order valence-electron chi connectivity index (χ4n) is 1.50. The summed E-state index contributed by atoms with van der Waals surface area (Å²) in [4.78, 5) is 11.0. The molecule has 2 fully saturated rings. The summed E-state index contributed by atoms with van der Waals surface area (Å²) in [5.74, 6) is 0.797. The van der Waals surface area contributed by atoms with Crippen LogP contribution in [0.4, 0.5) is 0 Å². The summed E-state index contributed by atoms with van der Waals surface area (Å²) in [6.07, 6.45) is 20.2. The summed E-state index contributed by atoms with van der Waals surface area (Å²) in [7, 11) is 1.39. The van der Waals surface area contributed by atoms with Gasteiger partial charge in [-0.2, -0.15) is 0 Å². The first-order valence-electron chi connectivity index (χ1n) is 5.95. The van der Waals surface area contributed by atoms with Crippen LogP contribution in [0.1, 0.15) is 13.3 Å². The topological polar surface area (TPSA) is 26.3 Å². The van der Waals surface area contributed by atoms with Gasteiger partial charge in [-0.1, -0.05) is 12.5 Å². The van der Waals surface area contributed by atoms with E-state index >= 15 is 0 Å². The Labute approximate surface area is 128 Å². The summed E-state index contributed by atoms with van der Waals surface area (Å²) in [6.45, 7) is 2.02. The van der Waals surface area contributed by atoms with E-state index in [2.05, 4.69) is 4.74 Å². The Hall–Kier alpha value is -0.271. The molecule has 2 nitrogen and oxygen atoms in total. The van der Waals surface area contributed by atoms with Crippen molar-refractivity contribution in [1.82, 2.24) is 0 Å². The normalized spacial score (nSPS) is 19.4. The van der Waals surface area contributed by atoms with Gasteiger partial charge in [0.1, 0.15) is 0 Å². The van der Waals surface area contributed by atoms with E-state index in [0.717, 1.165) is 17.9 Å². The van der Waals surface area contributed by atoms with Crippen molar-refractivity contribution in [2.45, 2.75) is 13.3 Å². The van der Waals surface area contributed by atoms with Crippen LogP contribution >= 0.6 is 0 Å². The van der Waals surface area contributed by atoms with Gasteiger partial charge in [0.25, 0.3) is 0 Å². The molecule has 2 rings (SSSR count). The summed E-state index contributed by atoms with van der Waals surface area (Å²) in [5.41, 5.74) is 1.01. The maximum atomic E-state index is 11.0. The number of rotatable bonds is 3. The molecule has 0 aromatic rings. The van der Waals surface area contributed by atoms with Crippen LogP contribution in [0.3, 0.4) is 0 Å². The number of hydrogen-bond acceptors (Lipinski definition) is 2. The van der Waals surface area contributed by atoms with Gasteiger partial charge in [-0.05, 0) is 64.2 Å². The largest absolute Gasteiger partial charge is 2.00 e. The molecule has 10 radical (unpaired) electrons. The van der Waals surface area contributed by atoms with Gasteiger partial charge in [0, 0.05) is 12.0 Å². The van der Waals surface area contributed by atoms with Crippen LogP contribution in [0.2, 0.25) is 0 Å². The van der Waals surface area contributed by atoms with Crippen molar-refractivity contribution in [3.8, 4) is 0 Å². The summed E-state index contributed by atoms with van der Waals surface area (Å²) in [5, 5.41) is 0. The molecule has 0 spiro atoms. The van der Waals surface area contributed by atoms with Gasteiger partial charge in [-0.15, -0.1) is 0 Å². The molecular formula is C16H18FeO2+2. The maximum absolute atomic E-state index is 11.0. The first-order valence-corrected chi connectivity index (χ1v) is 5.95. The van der Waals surface area contributed by atoms with E-state index in [1.807, 2.05) is 64.7 Å². The number of ether oxygens (including phenoxy) is 1. The molecule has 0 aliphatic heterocycles. The van der Waals surface area contributed by atoms with Crippen molar-refractivity contribution in [1.29, 1.82) is 0 Å². The van der Waals surface area contributed by atoms with Crippen molar-refractivity contribution in [3.63, 3.8) is 0 Å². The molecule has 0 atom stereocenters. The Morgan fingerprint density at radius 1 is 1.05 bits per heavy atom. The molecule has 0 N–H and O–H groups in total. The number of esters is 1. The first kappa shape index (κ1) is 18.7. The number of hydrogen-bond donors (Lipinski definition) is 0. The zero-order valence-electron chi connectivity index (χ0n) is 11.2. The van der Waals surface area contributed by atoms with Crippen molar-refractivity contribution in [2.75, 3.05) is 7.11 Å². The molecule has 0 amide bonds. The van der Waals surface area contributed by atoms with Crippen molar-refractivity contribution < 1.29 is 26.6 Å². The van der Waals surface area contributed by atoms with Gasteiger partial charge in [-0.3, -0.25) is 0 Å². The van der Waals surface area contributed by atoms with Crippen LogP contribution in [-0.2, 0) is 26.6 Å².